The molecule has 0 aliphatic rings. The number of allylic oxidation sites excluding steroid dienone is 4. The molecule has 0 saturated carbocycles. The fourth-order valence-corrected chi connectivity index (χ4v) is 5.80. The van der Waals surface area contributed by atoms with Gasteiger partial charge in [-0.2, -0.15) is 11.4 Å². The van der Waals surface area contributed by atoms with Crippen LogP contribution in [0, 0.1) is 27.7 Å². The molecule has 0 bridgehead atoms. The number of benzene rings is 5. The molecule has 1 N–H and O–H groups in total. The number of nitrogens with one attached hydrogen (secondary N) is 1. The average molecular weight is 820 g/mol. The fraction of sp³-hybridized carbons (Fsp3) is 0.280. The van der Waals surface area contributed by atoms with Crippen molar-refractivity contribution >= 4 is 39.9 Å². The third-order valence-corrected chi connectivity index (χ3v) is 8.86. The number of rotatable bonds is 10. The normalized spacial score (nSPS) is 11.9. The molecule has 5 aromatic rings. The van der Waals surface area contributed by atoms with E-state index in [9.17, 15) is 0 Å². The van der Waals surface area contributed by atoms with E-state index in [-0.39, 0.29) is 32.7 Å². The number of para-hydroxylation sites is 4. The van der Waals surface area contributed by atoms with Crippen molar-refractivity contribution in [2.75, 3.05) is 0 Å². The topological polar surface area (TPSA) is 76.7 Å². The maximum atomic E-state index is 8.01. The molecule has 5 nitrogen and oxygen atoms in total. The van der Waals surface area contributed by atoms with E-state index in [1.807, 2.05) is 113 Å². The fourth-order valence-electron chi connectivity index (χ4n) is 5.80. The van der Waals surface area contributed by atoms with Crippen molar-refractivity contribution in [3.05, 3.63) is 189 Å². The second-order valence-corrected chi connectivity index (χ2v) is 14.6. The van der Waals surface area contributed by atoms with Crippen molar-refractivity contribution < 1.29 is 32.7 Å². The SMILES string of the molecule is CC(/C=C(/C)[N-]c1ccccc1C)=Nc1ccccc1C.CC(/C=C(/C)[N-]c1ccccc1C)=Nc1ccccc1C.CC(C)c1cccc(C(C)C)c1[NH-].[Y+3]. The van der Waals surface area contributed by atoms with Gasteiger partial charge in [0, 0.05) is 11.4 Å². The summed E-state index contributed by atoms with van der Waals surface area (Å²) in [5.74, 6) is 0.900. The molecule has 0 unspecified atom stereocenters. The molecule has 0 spiro atoms. The van der Waals surface area contributed by atoms with E-state index in [0.717, 1.165) is 62.4 Å². The molecule has 0 heterocycles. The van der Waals surface area contributed by atoms with Crippen LogP contribution >= 0.6 is 0 Å². The van der Waals surface area contributed by atoms with Crippen LogP contribution in [-0.4, -0.2) is 11.4 Å². The quantitative estimate of drug-likeness (QED) is 0.126. The molecule has 56 heavy (non-hydrogen) atoms. The first kappa shape index (κ1) is 47.6. The van der Waals surface area contributed by atoms with Crippen LogP contribution in [0.25, 0.3) is 16.4 Å². The Balaban J connectivity index is 0.000000296. The summed E-state index contributed by atoms with van der Waals surface area (Å²) < 4.78 is 0. The zero-order valence-corrected chi connectivity index (χ0v) is 38.5. The molecule has 5 rings (SSSR count). The Labute approximate surface area is 363 Å². The molecule has 0 aliphatic carbocycles. The van der Waals surface area contributed by atoms with Crippen molar-refractivity contribution in [2.24, 2.45) is 9.98 Å². The van der Waals surface area contributed by atoms with Gasteiger partial charge in [0.1, 0.15) is 0 Å². The number of hydrogen-bond acceptors (Lipinski definition) is 2. The van der Waals surface area contributed by atoms with Gasteiger partial charge in [-0.15, -0.1) is 17.1 Å². The molecule has 0 aliphatic heterocycles. The molecular formula is C50H60N5Y. The van der Waals surface area contributed by atoms with Crippen molar-refractivity contribution in [2.45, 2.75) is 94.9 Å². The van der Waals surface area contributed by atoms with Gasteiger partial charge in [-0.3, -0.25) is 9.98 Å². The number of hydrogen-bond donors (Lipinski definition) is 0. The van der Waals surface area contributed by atoms with E-state index in [4.69, 9.17) is 5.73 Å². The van der Waals surface area contributed by atoms with Gasteiger partial charge in [-0.25, -0.2) is 0 Å². The van der Waals surface area contributed by atoms with Gasteiger partial charge in [0.25, 0.3) is 0 Å². The summed E-state index contributed by atoms with van der Waals surface area (Å²) in [5.41, 5.74) is 23.6. The average Bonchev–Trinajstić information content (AvgIpc) is 3.12. The predicted molar refractivity (Wildman–Crippen MR) is 242 cm³/mol. The monoisotopic (exact) mass is 819 g/mol. The Morgan fingerprint density at radius 3 is 1.12 bits per heavy atom. The Kier molecular flexibility index (Phi) is 20.5. The maximum Gasteiger partial charge on any atom is 3.00 e. The molecule has 0 aromatic heterocycles. The van der Waals surface area contributed by atoms with Crippen LogP contribution < -0.4 is 0 Å². The van der Waals surface area contributed by atoms with Crippen LogP contribution in [-0.2, 0) is 32.7 Å². The second-order valence-electron chi connectivity index (χ2n) is 14.6. The van der Waals surface area contributed by atoms with E-state index in [2.05, 4.69) is 118 Å². The molecule has 6 heteroatoms. The summed E-state index contributed by atoms with van der Waals surface area (Å²) in [5, 5.41) is 9.29. The molecule has 0 fully saturated rings. The second kappa shape index (κ2) is 24.1. The number of nitrogens with zero attached hydrogens (tertiary/aromatic N) is 4. The predicted octanol–water partition coefficient (Wildman–Crippen LogP) is 16.6. The van der Waals surface area contributed by atoms with Gasteiger partial charge in [0.15, 0.2) is 0 Å². The molecule has 5 aromatic carbocycles. The smallest absolute Gasteiger partial charge is 0.698 e. The summed E-state index contributed by atoms with van der Waals surface area (Å²) in [6, 6.07) is 38.7. The van der Waals surface area contributed by atoms with Crippen LogP contribution in [0.4, 0.5) is 28.4 Å². The third kappa shape index (κ3) is 15.9. The van der Waals surface area contributed by atoms with E-state index in [0.29, 0.717) is 11.8 Å². The zero-order chi connectivity index (χ0) is 40.5. The van der Waals surface area contributed by atoms with Gasteiger partial charge >= 0.3 is 32.7 Å². The van der Waals surface area contributed by atoms with Crippen molar-refractivity contribution in [1.82, 2.24) is 0 Å². The molecular weight excluding hydrogens is 759 g/mol. The van der Waals surface area contributed by atoms with Crippen molar-refractivity contribution in [1.29, 1.82) is 0 Å². The van der Waals surface area contributed by atoms with Crippen LogP contribution in [0.1, 0.15) is 101 Å². The summed E-state index contributed by atoms with van der Waals surface area (Å²) in [4.78, 5) is 9.29. The van der Waals surface area contributed by atoms with Crippen molar-refractivity contribution in [3.63, 3.8) is 0 Å². The van der Waals surface area contributed by atoms with Crippen LogP contribution in [0.15, 0.2) is 149 Å². The molecule has 0 radical (unpaired) electrons. The standard InChI is InChI=1S/2C19H21N2.C12H18N.Y/c2*1-14-9-5-7-11-18(14)20-16(3)13-17(4)21-19-12-8-6-10-15(19)2;1-8(2)10-6-5-7-11(9(3)4)12(10)13;/h2*5-13H,1-4H3;5-9,13H,1-4H3;/q3*-1;+3/b2*16-13-,21-17?;;. The Hall–Kier alpha value is -4.58. The summed E-state index contributed by atoms with van der Waals surface area (Å²) in [6.45, 7) is 24.8. The summed E-state index contributed by atoms with van der Waals surface area (Å²) in [7, 11) is 0. The Bertz CT molecular complexity index is 1970. The van der Waals surface area contributed by atoms with Crippen LogP contribution in [0.3, 0.4) is 0 Å². The third-order valence-electron chi connectivity index (χ3n) is 8.86. The van der Waals surface area contributed by atoms with Gasteiger partial charge in [-0.1, -0.05) is 179 Å². The minimum absolute atomic E-state index is 0. The first-order valence-electron chi connectivity index (χ1n) is 19.1. The van der Waals surface area contributed by atoms with Gasteiger partial charge in [-0.05, 0) is 76.6 Å². The minimum Gasteiger partial charge on any atom is -0.698 e. The van der Waals surface area contributed by atoms with E-state index >= 15 is 0 Å². The molecule has 288 valence electrons. The molecule has 0 atom stereocenters. The molecule has 0 saturated heterocycles. The Morgan fingerprint density at radius 2 is 0.804 bits per heavy atom. The summed E-state index contributed by atoms with van der Waals surface area (Å²) in [6.07, 6.45) is 4.03. The van der Waals surface area contributed by atoms with Crippen LogP contribution in [0.2, 0.25) is 0 Å². The Morgan fingerprint density at radius 1 is 0.482 bits per heavy atom. The first-order valence-corrected chi connectivity index (χ1v) is 19.1. The zero-order valence-electron chi connectivity index (χ0n) is 35.6. The van der Waals surface area contributed by atoms with Crippen molar-refractivity contribution in [3.8, 4) is 0 Å². The largest absolute Gasteiger partial charge is 3.00 e. The molecule has 0 amide bonds. The van der Waals surface area contributed by atoms with Gasteiger partial charge in [0.2, 0.25) is 0 Å². The maximum absolute atomic E-state index is 8.01. The van der Waals surface area contributed by atoms with E-state index in [1.165, 1.54) is 22.3 Å². The summed E-state index contributed by atoms with van der Waals surface area (Å²) >= 11 is 0. The number of aryl methyl sites for hydroxylation is 4. The van der Waals surface area contributed by atoms with E-state index in [1.54, 1.807) is 0 Å². The van der Waals surface area contributed by atoms with Crippen LogP contribution in [0.5, 0.6) is 0 Å². The number of aliphatic imine (C=N–C) groups is 2. The minimum atomic E-state index is 0. The van der Waals surface area contributed by atoms with E-state index < -0.39 is 0 Å². The first-order chi connectivity index (χ1) is 26.2. The van der Waals surface area contributed by atoms with Gasteiger partial charge < -0.3 is 16.4 Å². The van der Waals surface area contributed by atoms with Gasteiger partial charge in [0.05, 0.1) is 11.4 Å².